The minimum absolute atomic E-state index is 0.165. The van der Waals surface area contributed by atoms with Crippen molar-refractivity contribution in [3.8, 4) is 17.0 Å². The highest BCUT2D eigenvalue weighted by molar-refractivity contribution is 5.93. The first-order valence-electron chi connectivity index (χ1n) is 8.30. The molecular formula is C19H19N3O3. The predicted molar refractivity (Wildman–Crippen MR) is 94.4 cm³/mol. The molecule has 1 aliphatic heterocycles. The van der Waals surface area contributed by atoms with Crippen LogP contribution >= 0.6 is 0 Å². The van der Waals surface area contributed by atoms with Gasteiger partial charge in [0.25, 0.3) is 0 Å². The monoisotopic (exact) mass is 337 g/mol. The number of alkyl carbamates (subject to hydrolysis) is 1. The Hall–Kier alpha value is -3.02. The summed E-state index contributed by atoms with van der Waals surface area (Å²) in [5.41, 5.74) is 3.69. The lowest BCUT2D eigenvalue weighted by Crippen LogP contribution is -2.31. The Morgan fingerprint density at radius 1 is 1.16 bits per heavy atom. The van der Waals surface area contributed by atoms with Gasteiger partial charge in [-0.25, -0.2) is 4.79 Å². The average Bonchev–Trinajstić information content (AvgIpc) is 3.06. The normalized spacial score (nSPS) is 18.0. The fourth-order valence-corrected chi connectivity index (χ4v) is 2.87. The molecule has 0 fully saturated rings. The van der Waals surface area contributed by atoms with Crippen molar-refractivity contribution in [1.82, 2.24) is 15.5 Å². The van der Waals surface area contributed by atoms with Crippen LogP contribution in [0.3, 0.4) is 0 Å². The molecule has 1 amide bonds. The van der Waals surface area contributed by atoms with E-state index in [9.17, 15) is 4.79 Å². The second kappa shape index (κ2) is 6.47. The van der Waals surface area contributed by atoms with Gasteiger partial charge in [0.05, 0.1) is 12.1 Å². The summed E-state index contributed by atoms with van der Waals surface area (Å²) < 4.78 is 11.2. The van der Waals surface area contributed by atoms with Crippen LogP contribution in [0.2, 0.25) is 0 Å². The van der Waals surface area contributed by atoms with Gasteiger partial charge in [0.1, 0.15) is 18.1 Å². The Morgan fingerprint density at radius 3 is 3.00 bits per heavy atom. The van der Waals surface area contributed by atoms with Gasteiger partial charge in [-0.15, -0.1) is 0 Å². The summed E-state index contributed by atoms with van der Waals surface area (Å²) in [6.07, 6.45) is -0.421. The van der Waals surface area contributed by atoms with Crippen LogP contribution in [0.15, 0.2) is 42.5 Å². The molecule has 128 valence electrons. The zero-order valence-electron chi connectivity index (χ0n) is 13.9. The lowest BCUT2D eigenvalue weighted by Gasteiger charge is -2.14. The van der Waals surface area contributed by atoms with Gasteiger partial charge in [-0.1, -0.05) is 25.1 Å². The molecule has 0 saturated heterocycles. The molecule has 0 saturated carbocycles. The summed E-state index contributed by atoms with van der Waals surface area (Å²) in [5, 5.41) is 11.3. The summed E-state index contributed by atoms with van der Waals surface area (Å²) in [4.78, 5) is 11.8. The SMILES string of the molecule is CC1CNC(=O)OCc2cccc(c2)-c2n[nH]c3ccc(cc23)OC1. The highest BCUT2D eigenvalue weighted by atomic mass is 16.5. The van der Waals surface area contributed by atoms with Gasteiger partial charge < -0.3 is 14.8 Å². The van der Waals surface area contributed by atoms with Gasteiger partial charge in [-0.3, -0.25) is 5.10 Å². The standard InChI is InChI=1S/C19H19N3O3/c1-12-9-20-19(23)25-11-13-3-2-4-14(7-13)18-16-8-15(24-10-12)5-6-17(16)21-22-18/h2-8,12H,9-11H2,1H3,(H,20,23)(H,21,22). The van der Waals surface area contributed by atoms with E-state index in [0.717, 1.165) is 33.5 Å². The number of nitrogens with zero attached hydrogens (tertiary/aromatic N) is 1. The van der Waals surface area contributed by atoms with Gasteiger partial charge in [0, 0.05) is 23.4 Å². The molecule has 0 spiro atoms. The topological polar surface area (TPSA) is 76.2 Å². The largest absolute Gasteiger partial charge is 0.493 e. The van der Waals surface area contributed by atoms with Crippen molar-refractivity contribution in [2.24, 2.45) is 5.92 Å². The number of rotatable bonds is 0. The van der Waals surface area contributed by atoms with Crippen molar-refractivity contribution < 1.29 is 14.3 Å². The zero-order valence-corrected chi connectivity index (χ0v) is 13.9. The number of fused-ring (bicyclic) bond motifs is 4. The van der Waals surface area contributed by atoms with Crippen LogP contribution in [0.1, 0.15) is 12.5 Å². The number of carbonyl (C=O) groups is 1. The minimum atomic E-state index is -0.421. The number of hydrogen-bond donors (Lipinski definition) is 2. The first kappa shape index (κ1) is 15.5. The Balaban J connectivity index is 1.78. The number of benzene rings is 2. The maximum Gasteiger partial charge on any atom is 0.407 e. The van der Waals surface area contributed by atoms with Gasteiger partial charge >= 0.3 is 6.09 Å². The van der Waals surface area contributed by atoms with E-state index < -0.39 is 6.09 Å². The molecule has 4 rings (SSSR count). The van der Waals surface area contributed by atoms with Gasteiger partial charge in [0.15, 0.2) is 0 Å². The molecule has 6 heteroatoms. The molecule has 2 heterocycles. The third-order valence-corrected chi connectivity index (χ3v) is 4.23. The van der Waals surface area contributed by atoms with Crippen molar-refractivity contribution >= 4 is 17.0 Å². The van der Waals surface area contributed by atoms with Crippen molar-refractivity contribution in [3.05, 3.63) is 48.0 Å². The van der Waals surface area contributed by atoms with Crippen molar-refractivity contribution in [2.45, 2.75) is 13.5 Å². The molecule has 2 N–H and O–H groups in total. The third-order valence-electron chi connectivity index (χ3n) is 4.23. The van der Waals surface area contributed by atoms with Crippen molar-refractivity contribution in [2.75, 3.05) is 13.2 Å². The summed E-state index contributed by atoms with van der Waals surface area (Å²) in [5.74, 6) is 0.953. The Morgan fingerprint density at radius 2 is 2.08 bits per heavy atom. The molecule has 1 aliphatic rings. The Bertz CT molecular complexity index is 919. The number of aromatic nitrogens is 2. The number of cyclic esters (lactones) is 1. The highest BCUT2D eigenvalue weighted by Gasteiger charge is 2.13. The number of ether oxygens (including phenoxy) is 2. The average molecular weight is 337 g/mol. The molecule has 1 atom stereocenters. The number of nitrogens with one attached hydrogen (secondary N) is 2. The number of hydrogen-bond acceptors (Lipinski definition) is 4. The highest BCUT2D eigenvalue weighted by Crippen LogP contribution is 2.30. The van der Waals surface area contributed by atoms with E-state index in [1.807, 2.05) is 49.4 Å². The summed E-state index contributed by atoms with van der Waals surface area (Å²) in [7, 11) is 0. The van der Waals surface area contributed by atoms with Crippen LogP contribution in [-0.2, 0) is 11.3 Å². The molecule has 25 heavy (non-hydrogen) atoms. The number of H-pyrrole nitrogens is 1. The van der Waals surface area contributed by atoms with Crippen molar-refractivity contribution in [1.29, 1.82) is 0 Å². The molecule has 4 bridgehead atoms. The van der Waals surface area contributed by atoms with Gasteiger partial charge in [-0.05, 0) is 29.8 Å². The van der Waals surface area contributed by atoms with E-state index in [-0.39, 0.29) is 12.5 Å². The van der Waals surface area contributed by atoms with E-state index >= 15 is 0 Å². The van der Waals surface area contributed by atoms with E-state index in [4.69, 9.17) is 9.47 Å². The number of amides is 1. The molecule has 6 nitrogen and oxygen atoms in total. The molecule has 0 aliphatic carbocycles. The van der Waals surface area contributed by atoms with Gasteiger partial charge in [-0.2, -0.15) is 5.10 Å². The predicted octanol–water partition coefficient (Wildman–Crippen LogP) is 3.48. The fraction of sp³-hybridized carbons (Fsp3) is 0.263. The fourth-order valence-electron chi connectivity index (χ4n) is 2.87. The van der Waals surface area contributed by atoms with Crippen molar-refractivity contribution in [3.63, 3.8) is 0 Å². The summed E-state index contributed by atoms with van der Waals surface area (Å²) in [6.45, 7) is 3.24. The van der Waals surface area contributed by atoms with E-state index in [2.05, 4.69) is 15.5 Å². The quantitative estimate of drug-likeness (QED) is 0.658. The maximum absolute atomic E-state index is 11.8. The maximum atomic E-state index is 11.8. The molecule has 1 unspecified atom stereocenters. The number of carbonyl (C=O) groups excluding carboxylic acids is 1. The first-order chi connectivity index (χ1) is 12.2. The Labute approximate surface area is 145 Å². The van der Waals surface area contributed by atoms with Crippen LogP contribution in [0.25, 0.3) is 22.2 Å². The molecule has 2 aromatic carbocycles. The lowest BCUT2D eigenvalue weighted by molar-refractivity contribution is 0.136. The van der Waals surface area contributed by atoms with E-state index in [1.165, 1.54) is 0 Å². The summed E-state index contributed by atoms with van der Waals surface area (Å²) in [6, 6.07) is 13.7. The molecule has 0 radical (unpaired) electrons. The number of aromatic amines is 1. The Kier molecular flexibility index (Phi) is 4.01. The van der Waals surface area contributed by atoms with Crippen LogP contribution < -0.4 is 10.1 Å². The molecular weight excluding hydrogens is 318 g/mol. The summed E-state index contributed by atoms with van der Waals surface area (Å²) >= 11 is 0. The second-order valence-electron chi connectivity index (χ2n) is 6.35. The van der Waals surface area contributed by atoms with Crippen LogP contribution in [-0.4, -0.2) is 29.4 Å². The zero-order chi connectivity index (χ0) is 17.2. The third kappa shape index (κ3) is 3.28. The molecule has 3 aromatic rings. The van der Waals surface area contributed by atoms with Gasteiger partial charge in [0.2, 0.25) is 0 Å². The van der Waals surface area contributed by atoms with E-state index in [0.29, 0.717) is 13.2 Å². The first-order valence-corrected chi connectivity index (χ1v) is 8.30. The van der Waals surface area contributed by atoms with Crippen LogP contribution in [0.4, 0.5) is 4.79 Å². The smallest absolute Gasteiger partial charge is 0.407 e. The lowest BCUT2D eigenvalue weighted by atomic mass is 10.1. The molecule has 1 aromatic heterocycles. The van der Waals surface area contributed by atoms with Crippen LogP contribution in [0, 0.1) is 5.92 Å². The van der Waals surface area contributed by atoms with E-state index in [1.54, 1.807) is 0 Å². The minimum Gasteiger partial charge on any atom is -0.493 e. The van der Waals surface area contributed by atoms with Crippen LogP contribution in [0.5, 0.6) is 5.75 Å². The second-order valence-corrected chi connectivity index (χ2v) is 6.35.